The van der Waals surface area contributed by atoms with Crippen LogP contribution in [0.15, 0.2) is 67.0 Å². The Bertz CT molecular complexity index is 958. The van der Waals surface area contributed by atoms with Gasteiger partial charge in [-0.2, -0.15) is 0 Å². The van der Waals surface area contributed by atoms with E-state index in [0.29, 0.717) is 24.3 Å². The highest BCUT2D eigenvalue weighted by Crippen LogP contribution is 2.35. The summed E-state index contributed by atoms with van der Waals surface area (Å²) in [5, 5.41) is 2.96. The minimum absolute atomic E-state index is 0.119. The summed E-state index contributed by atoms with van der Waals surface area (Å²) in [6, 6.07) is 15.6. The van der Waals surface area contributed by atoms with Gasteiger partial charge in [0.05, 0.1) is 24.4 Å². The van der Waals surface area contributed by atoms with Crippen LogP contribution in [0, 0.1) is 5.82 Å². The third-order valence-corrected chi connectivity index (χ3v) is 4.49. The Kier molecular flexibility index (Phi) is 4.35. The van der Waals surface area contributed by atoms with Gasteiger partial charge in [0.25, 0.3) is 0 Å². The normalized spacial score (nSPS) is 15.7. The van der Waals surface area contributed by atoms with Gasteiger partial charge in [-0.3, -0.25) is 9.78 Å². The molecule has 0 saturated heterocycles. The number of amides is 1. The number of benzene rings is 2. The molecular formula is C21H17FN2O2. The average molecular weight is 348 g/mol. The molecule has 1 aromatic heterocycles. The van der Waals surface area contributed by atoms with E-state index in [2.05, 4.69) is 10.3 Å². The smallest absolute Gasteiger partial charge is 0.232 e. The number of rotatable bonds is 3. The van der Waals surface area contributed by atoms with E-state index in [9.17, 15) is 9.18 Å². The molecule has 0 radical (unpaired) electrons. The number of nitrogens with zero attached hydrogens (tertiary/aromatic N) is 1. The molecule has 130 valence electrons. The van der Waals surface area contributed by atoms with Crippen molar-refractivity contribution in [3.63, 3.8) is 0 Å². The number of halogens is 1. The highest BCUT2D eigenvalue weighted by atomic mass is 19.1. The maximum absolute atomic E-state index is 13.6. The van der Waals surface area contributed by atoms with Crippen LogP contribution in [-0.2, 0) is 4.79 Å². The number of carbonyl (C=O) groups excluding carboxylic acids is 1. The number of fused-ring (bicyclic) bond motifs is 1. The van der Waals surface area contributed by atoms with Gasteiger partial charge in [-0.25, -0.2) is 4.39 Å². The lowest BCUT2D eigenvalue weighted by Crippen LogP contribution is -2.26. The number of hydrogen-bond acceptors (Lipinski definition) is 3. The fourth-order valence-electron chi connectivity index (χ4n) is 3.24. The summed E-state index contributed by atoms with van der Waals surface area (Å²) in [6.45, 7) is 0.499. The van der Waals surface area contributed by atoms with Gasteiger partial charge in [-0.15, -0.1) is 0 Å². The third kappa shape index (κ3) is 3.16. The van der Waals surface area contributed by atoms with E-state index in [1.54, 1.807) is 30.6 Å². The van der Waals surface area contributed by atoms with Crippen molar-refractivity contribution in [2.75, 3.05) is 11.9 Å². The summed E-state index contributed by atoms with van der Waals surface area (Å²) in [5.74, 6) is 0.0114. The van der Waals surface area contributed by atoms with Crippen LogP contribution in [0.4, 0.5) is 10.1 Å². The van der Waals surface area contributed by atoms with Crippen molar-refractivity contribution in [3.05, 3.63) is 78.4 Å². The van der Waals surface area contributed by atoms with Gasteiger partial charge in [0.2, 0.25) is 5.91 Å². The van der Waals surface area contributed by atoms with E-state index in [1.165, 1.54) is 12.1 Å². The molecule has 2 aromatic carbocycles. The van der Waals surface area contributed by atoms with Crippen molar-refractivity contribution in [1.82, 2.24) is 4.98 Å². The molecule has 1 amide bonds. The van der Waals surface area contributed by atoms with Crippen LogP contribution < -0.4 is 10.1 Å². The van der Waals surface area contributed by atoms with Crippen LogP contribution in [0.2, 0.25) is 0 Å². The lowest BCUT2D eigenvalue weighted by molar-refractivity contribution is -0.118. The first-order valence-corrected chi connectivity index (χ1v) is 8.45. The number of ether oxygens (including phenoxy) is 1. The number of pyridine rings is 1. The number of anilines is 1. The van der Waals surface area contributed by atoms with Gasteiger partial charge < -0.3 is 10.1 Å². The number of para-hydroxylation sites is 1. The first-order chi connectivity index (χ1) is 12.7. The number of hydrogen-bond donors (Lipinski definition) is 1. The van der Waals surface area contributed by atoms with Crippen LogP contribution in [0.5, 0.6) is 5.75 Å². The Morgan fingerprint density at radius 1 is 1.15 bits per heavy atom. The number of carbonyl (C=O) groups is 1. The zero-order chi connectivity index (χ0) is 17.9. The minimum atomic E-state index is -0.324. The highest BCUT2D eigenvalue weighted by molar-refractivity contribution is 5.99. The predicted octanol–water partition coefficient (Wildman–Crippen LogP) is 4.39. The Hall–Kier alpha value is -3.21. The zero-order valence-corrected chi connectivity index (χ0v) is 14.0. The second-order valence-corrected chi connectivity index (χ2v) is 6.15. The molecule has 0 aliphatic carbocycles. The topological polar surface area (TPSA) is 51.2 Å². The molecule has 1 atom stereocenters. The highest BCUT2D eigenvalue weighted by Gasteiger charge is 2.28. The summed E-state index contributed by atoms with van der Waals surface area (Å²) in [6.07, 6.45) is 3.82. The first-order valence-electron chi connectivity index (χ1n) is 8.45. The molecule has 26 heavy (non-hydrogen) atoms. The Labute approximate surface area is 150 Å². The van der Waals surface area contributed by atoms with Gasteiger partial charge >= 0.3 is 0 Å². The molecule has 2 heterocycles. The Morgan fingerprint density at radius 3 is 2.92 bits per heavy atom. The molecule has 0 unspecified atom stereocenters. The summed E-state index contributed by atoms with van der Waals surface area (Å²) in [5.41, 5.74) is 2.86. The molecule has 0 spiro atoms. The lowest BCUT2D eigenvalue weighted by atomic mass is 9.92. The fourth-order valence-corrected chi connectivity index (χ4v) is 3.24. The molecule has 0 saturated carbocycles. The van der Waals surface area contributed by atoms with Crippen LogP contribution in [0.1, 0.15) is 17.9 Å². The second-order valence-electron chi connectivity index (χ2n) is 6.15. The Morgan fingerprint density at radius 2 is 2.04 bits per heavy atom. The van der Waals surface area contributed by atoms with Crippen LogP contribution >= 0.6 is 0 Å². The van der Waals surface area contributed by atoms with E-state index >= 15 is 0 Å². The van der Waals surface area contributed by atoms with Crippen molar-refractivity contribution in [2.45, 2.75) is 12.3 Å². The molecule has 1 aliphatic heterocycles. The summed E-state index contributed by atoms with van der Waals surface area (Å²) >= 11 is 0. The van der Waals surface area contributed by atoms with Crippen LogP contribution in [-0.4, -0.2) is 17.5 Å². The molecule has 0 bridgehead atoms. The van der Waals surface area contributed by atoms with Crippen molar-refractivity contribution in [2.24, 2.45) is 0 Å². The number of aromatic nitrogens is 1. The summed E-state index contributed by atoms with van der Waals surface area (Å²) in [4.78, 5) is 17.0. The molecule has 5 heteroatoms. The molecule has 1 aliphatic rings. The van der Waals surface area contributed by atoms with Gasteiger partial charge in [-0.1, -0.05) is 30.3 Å². The monoisotopic (exact) mass is 348 g/mol. The predicted molar refractivity (Wildman–Crippen MR) is 97.6 cm³/mol. The third-order valence-electron chi connectivity index (χ3n) is 4.49. The first kappa shape index (κ1) is 16.3. The van der Waals surface area contributed by atoms with Gasteiger partial charge in [0.15, 0.2) is 0 Å². The maximum Gasteiger partial charge on any atom is 0.232 e. The molecule has 3 aromatic rings. The lowest BCUT2D eigenvalue weighted by Gasteiger charge is -2.25. The van der Waals surface area contributed by atoms with Gasteiger partial charge in [0, 0.05) is 17.3 Å². The largest absolute Gasteiger partial charge is 0.493 e. The fraction of sp³-hybridized carbons (Fsp3) is 0.143. The quantitative estimate of drug-likeness (QED) is 0.764. The van der Waals surface area contributed by atoms with E-state index in [1.807, 2.05) is 24.3 Å². The van der Waals surface area contributed by atoms with Crippen LogP contribution in [0.25, 0.3) is 11.1 Å². The summed E-state index contributed by atoms with van der Waals surface area (Å²) in [7, 11) is 0. The molecular weight excluding hydrogens is 331 g/mol. The second kappa shape index (κ2) is 6.96. The molecule has 4 nitrogen and oxygen atoms in total. The molecule has 4 rings (SSSR count). The van der Waals surface area contributed by atoms with Crippen LogP contribution in [0.3, 0.4) is 0 Å². The average Bonchev–Trinajstić information content (AvgIpc) is 2.68. The molecule has 1 N–H and O–H groups in total. The number of nitrogens with one attached hydrogen (secondary N) is 1. The standard InChI is InChI=1S/C21H17FN2O2/c22-15-5-3-4-14(12-15)16-8-10-23-13-19(16)24-21(25)18-9-11-26-20-7-2-1-6-17(18)20/h1-8,10,12-13,18H,9,11H2,(H,24,25)/t18-/m0/s1. The molecule has 0 fully saturated rings. The SMILES string of the molecule is O=C(Nc1cnccc1-c1cccc(F)c1)[C@H]1CCOc2ccccc21. The van der Waals surface area contributed by atoms with E-state index < -0.39 is 0 Å². The van der Waals surface area contributed by atoms with Gasteiger partial charge in [0.1, 0.15) is 11.6 Å². The van der Waals surface area contributed by atoms with E-state index in [4.69, 9.17) is 4.74 Å². The van der Waals surface area contributed by atoms with Crippen molar-refractivity contribution < 1.29 is 13.9 Å². The zero-order valence-electron chi connectivity index (χ0n) is 14.0. The Balaban J connectivity index is 1.64. The van der Waals surface area contributed by atoms with Crippen molar-refractivity contribution in [3.8, 4) is 16.9 Å². The van der Waals surface area contributed by atoms with E-state index in [0.717, 1.165) is 16.9 Å². The van der Waals surface area contributed by atoms with Gasteiger partial charge in [-0.05, 0) is 36.2 Å². The minimum Gasteiger partial charge on any atom is -0.493 e. The van der Waals surface area contributed by atoms with Crippen molar-refractivity contribution >= 4 is 11.6 Å². The maximum atomic E-state index is 13.6. The van der Waals surface area contributed by atoms with Crippen molar-refractivity contribution in [1.29, 1.82) is 0 Å². The summed E-state index contributed by atoms with van der Waals surface area (Å²) < 4.78 is 19.2. The van der Waals surface area contributed by atoms with E-state index in [-0.39, 0.29) is 17.6 Å².